The van der Waals surface area contributed by atoms with E-state index in [4.69, 9.17) is 4.42 Å². The minimum Gasteiger partial charge on any atom is -0.469 e. The van der Waals surface area contributed by atoms with Gasteiger partial charge in [-0.1, -0.05) is 18.2 Å². The van der Waals surface area contributed by atoms with Gasteiger partial charge in [0, 0.05) is 16.3 Å². The first-order valence-corrected chi connectivity index (χ1v) is 9.38. The molecular formula is C18H17NO2S2. The van der Waals surface area contributed by atoms with Crippen molar-refractivity contribution in [1.29, 1.82) is 0 Å². The first-order chi connectivity index (χ1) is 11.3. The van der Waals surface area contributed by atoms with Gasteiger partial charge in [0.25, 0.3) is 5.91 Å². The fraction of sp³-hybridized carbons (Fsp3) is 0.167. The van der Waals surface area contributed by atoms with Crippen LogP contribution in [-0.4, -0.2) is 18.7 Å². The Bertz CT molecular complexity index is 717. The molecule has 0 bridgehead atoms. The number of furan rings is 1. The Labute approximate surface area is 143 Å². The van der Waals surface area contributed by atoms with Gasteiger partial charge in [-0.2, -0.15) is 0 Å². The number of amides is 1. The zero-order valence-electron chi connectivity index (χ0n) is 12.7. The molecule has 1 N–H and O–H groups in total. The van der Waals surface area contributed by atoms with Crippen molar-refractivity contribution in [3.05, 3.63) is 76.4 Å². The van der Waals surface area contributed by atoms with Gasteiger partial charge in [0.15, 0.2) is 0 Å². The Morgan fingerprint density at radius 1 is 1.22 bits per heavy atom. The smallest absolute Gasteiger partial charge is 0.252 e. The molecule has 0 fully saturated rings. The SMILES string of the molecule is CSc1ccccc1C(=O)NCC(c1ccco1)c1cccs1. The first kappa shape index (κ1) is 15.9. The summed E-state index contributed by atoms with van der Waals surface area (Å²) in [4.78, 5) is 14.7. The minimum absolute atomic E-state index is 0.0374. The fourth-order valence-corrected chi connectivity index (χ4v) is 3.87. The summed E-state index contributed by atoms with van der Waals surface area (Å²) in [5.41, 5.74) is 0.712. The topological polar surface area (TPSA) is 42.2 Å². The predicted octanol–water partition coefficient (Wildman–Crippen LogP) is 4.62. The molecule has 0 saturated heterocycles. The van der Waals surface area contributed by atoms with Gasteiger partial charge >= 0.3 is 0 Å². The highest BCUT2D eigenvalue weighted by molar-refractivity contribution is 7.98. The minimum atomic E-state index is -0.0527. The Kier molecular flexibility index (Phi) is 5.20. The maximum Gasteiger partial charge on any atom is 0.252 e. The van der Waals surface area contributed by atoms with E-state index in [9.17, 15) is 4.79 Å². The zero-order valence-corrected chi connectivity index (χ0v) is 14.3. The predicted molar refractivity (Wildman–Crippen MR) is 95.4 cm³/mol. The summed E-state index contributed by atoms with van der Waals surface area (Å²) in [7, 11) is 0. The molecular weight excluding hydrogens is 326 g/mol. The van der Waals surface area contributed by atoms with Crippen molar-refractivity contribution in [1.82, 2.24) is 5.32 Å². The highest BCUT2D eigenvalue weighted by Crippen LogP contribution is 2.28. The quantitative estimate of drug-likeness (QED) is 0.664. The third-order valence-corrected chi connectivity index (χ3v) is 5.37. The molecule has 0 aliphatic rings. The van der Waals surface area contributed by atoms with Crippen molar-refractivity contribution in [2.24, 2.45) is 0 Å². The van der Waals surface area contributed by atoms with Gasteiger partial charge in [-0.15, -0.1) is 23.1 Å². The van der Waals surface area contributed by atoms with Crippen molar-refractivity contribution < 1.29 is 9.21 Å². The number of thiophene rings is 1. The molecule has 1 amide bonds. The van der Waals surface area contributed by atoms with E-state index < -0.39 is 0 Å². The van der Waals surface area contributed by atoms with E-state index in [-0.39, 0.29) is 11.8 Å². The van der Waals surface area contributed by atoms with Gasteiger partial charge in [0.1, 0.15) is 5.76 Å². The molecule has 2 heterocycles. The number of thioether (sulfide) groups is 1. The molecule has 0 saturated carbocycles. The van der Waals surface area contributed by atoms with Crippen LogP contribution in [0.25, 0.3) is 0 Å². The fourth-order valence-electron chi connectivity index (χ4n) is 2.44. The lowest BCUT2D eigenvalue weighted by Gasteiger charge is -2.15. The van der Waals surface area contributed by atoms with Gasteiger partial charge in [-0.05, 0) is 42.0 Å². The van der Waals surface area contributed by atoms with Crippen LogP contribution in [0.4, 0.5) is 0 Å². The number of nitrogens with one attached hydrogen (secondary N) is 1. The third kappa shape index (κ3) is 3.68. The van der Waals surface area contributed by atoms with Crippen molar-refractivity contribution in [2.45, 2.75) is 10.8 Å². The van der Waals surface area contributed by atoms with Crippen LogP contribution in [0.3, 0.4) is 0 Å². The molecule has 1 atom stereocenters. The van der Waals surface area contributed by atoms with Crippen molar-refractivity contribution in [3.8, 4) is 0 Å². The number of hydrogen-bond acceptors (Lipinski definition) is 4. The van der Waals surface area contributed by atoms with Gasteiger partial charge in [-0.25, -0.2) is 0 Å². The van der Waals surface area contributed by atoms with Gasteiger partial charge in [-0.3, -0.25) is 4.79 Å². The molecule has 23 heavy (non-hydrogen) atoms. The zero-order chi connectivity index (χ0) is 16.1. The normalized spacial score (nSPS) is 12.0. The van der Waals surface area contributed by atoms with Crippen LogP contribution >= 0.6 is 23.1 Å². The number of benzene rings is 1. The second-order valence-corrected chi connectivity index (χ2v) is 6.82. The van der Waals surface area contributed by atoms with Crippen molar-refractivity contribution in [3.63, 3.8) is 0 Å². The molecule has 0 spiro atoms. The van der Waals surface area contributed by atoms with E-state index in [1.807, 2.05) is 54.1 Å². The molecule has 3 aromatic rings. The summed E-state index contributed by atoms with van der Waals surface area (Å²) >= 11 is 3.25. The highest BCUT2D eigenvalue weighted by atomic mass is 32.2. The maximum atomic E-state index is 12.5. The van der Waals surface area contributed by atoms with E-state index in [2.05, 4.69) is 11.4 Å². The van der Waals surface area contributed by atoms with Gasteiger partial charge < -0.3 is 9.73 Å². The van der Waals surface area contributed by atoms with Crippen LogP contribution in [0.15, 0.2) is 69.5 Å². The summed E-state index contributed by atoms with van der Waals surface area (Å²) in [5, 5.41) is 5.08. The average molecular weight is 343 g/mol. The molecule has 3 rings (SSSR count). The van der Waals surface area contributed by atoms with E-state index in [0.717, 1.165) is 10.7 Å². The summed E-state index contributed by atoms with van der Waals surface area (Å²) in [5.74, 6) is 0.851. The lowest BCUT2D eigenvalue weighted by molar-refractivity contribution is 0.0949. The summed E-state index contributed by atoms with van der Waals surface area (Å²) < 4.78 is 5.55. The molecule has 1 aromatic carbocycles. The second-order valence-electron chi connectivity index (χ2n) is 4.99. The Morgan fingerprint density at radius 3 is 2.78 bits per heavy atom. The summed E-state index contributed by atoms with van der Waals surface area (Å²) in [6.45, 7) is 0.509. The molecule has 5 heteroatoms. The van der Waals surface area contributed by atoms with Crippen LogP contribution in [0.1, 0.15) is 26.9 Å². The number of hydrogen-bond donors (Lipinski definition) is 1. The largest absolute Gasteiger partial charge is 0.469 e. The molecule has 3 nitrogen and oxygen atoms in total. The van der Waals surface area contributed by atoms with Crippen LogP contribution in [0.2, 0.25) is 0 Å². The maximum absolute atomic E-state index is 12.5. The third-order valence-electron chi connectivity index (χ3n) is 3.59. The highest BCUT2D eigenvalue weighted by Gasteiger charge is 2.20. The molecule has 0 aliphatic carbocycles. The van der Waals surface area contributed by atoms with Crippen molar-refractivity contribution in [2.75, 3.05) is 12.8 Å². The van der Waals surface area contributed by atoms with E-state index >= 15 is 0 Å². The Balaban J connectivity index is 1.76. The monoisotopic (exact) mass is 343 g/mol. The first-order valence-electron chi connectivity index (χ1n) is 7.27. The lowest BCUT2D eigenvalue weighted by atomic mass is 10.0. The number of carbonyl (C=O) groups is 1. The van der Waals surface area contributed by atoms with E-state index in [0.29, 0.717) is 12.1 Å². The van der Waals surface area contributed by atoms with Crippen LogP contribution in [0, 0.1) is 0 Å². The van der Waals surface area contributed by atoms with Crippen LogP contribution < -0.4 is 5.32 Å². The molecule has 118 valence electrons. The Hall–Kier alpha value is -1.98. The van der Waals surface area contributed by atoms with Crippen LogP contribution in [0.5, 0.6) is 0 Å². The van der Waals surface area contributed by atoms with E-state index in [1.54, 1.807) is 29.4 Å². The molecule has 1 unspecified atom stereocenters. The molecule has 0 aliphatic heterocycles. The number of rotatable bonds is 6. The van der Waals surface area contributed by atoms with Gasteiger partial charge in [0.05, 0.1) is 17.7 Å². The van der Waals surface area contributed by atoms with Crippen LogP contribution in [-0.2, 0) is 0 Å². The lowest BCUT2D eigenvalue weighted by Crippen LogP contribution is -2.28. The van der Waals surface area contributed by atoms with Crippen molar-refractivity contribution >= 4 is 29.0 Å². The number of carbonyl (C=O) groups excluding carboxylic acids is 1. The summed E-state index contributed by atoms with van der Waals surface area (Å²) in [6, 6.07) is 15.6. The van der Waals surface area contributed by atoms with E-state index in [1.165, 1.54) is 4.88 Å². The second kappa shape index (κ2) is 7.53. The van der Waals surface area contributed by atoms with Gasteiger partial charge in [0.2, 0.25) is 0 Å². The molecule has 2 aromatic heterocycles. The Morgan fingerprint density at radius 2 is 2.09 bits per heavy atom. The average Bonchev–Trinajstić information content (AvgIpc) is 3.29. The molecule has 0 radical (unpaired) electrons. The standard InChI is InChI=1S/C18H17NO2S2/c1-22-16-8-3-2-6-13(16)18(20)19-12-14(15-7-4-10-21-15)17-9-5-11-23-17/h2-11,14H,12H2,1H3,(H,19,20). The summed E-state index contributed by atoms with van der Waals surface area (Å²) in [6.07, 6.45) is 3.64.